The maximum atomic E-state index is 12.9. The van der Waals surface area contributed by atoms with Crippen molar-refractivity contribution in [3.63, 3.8) is 0 Å². The minimum absolute atomic E-state index is 0. The van der Waals surface area contributed by atoms with Crippen molar-refractivity contribution in [2.24, 2.45) is 5.92 Å². The van der Waals surface area contributed by atoms with Crippen molar-refractivity contribution in [3.05, 3.63) is 51.7 Å². The lowest BCUT2D eigenvalue weighted by molar-refractivity contribution is -0.120. The van der Waals surface area contributed by atoms with Gasteiger partial charge in [-0.1, -0.05) is 12.1 Å². The van der Waals surface area contributed by atoms with Gasteiger partial charge in [-0.25, -0.2) is 9.37 Å². The van der Waals surface area contributed by atoms with Crippen molar-refractivity contribution in [2.45, 2.75) is 25.7 Å². The summed E-state index contributed by atoms with van der Waals surface area (Å²) in [5, 5.41) is 9.19. The van der Waals surface area contributed by atoms with Gasteiger partial charge < -0.3 is 10.6 Å². The average molecular weight is 420 g/mol. The summed E-state index contributed by atoms with van der Waals surface area (Å²) in [6.45, 7) is 2.89. The first-order chi connectivity index (χ1) is 11.7. The second-order valence-electron chi connectivity index (χ2n) is 6.21. The van der Waals surface area contributed by atoms with Gasteiger partial charge >= 0.3 is 0 Å². The molecule has 1 aromatic carbocycles. The van der Waals surface area contributed by atoms with E-state index in [0.29, 0.717) is 18.8 Å². The fourth-order valence-corrected chi connectivity index (χ4v) is 3.72. The van der Waals surface area contributed by atoms with Crippen molar-refractivity contribution in [3.8, 4) is 0 Å². The summed E-state index contributed by atoms with van der Waals surface area (Å²) >= 11 is 1.54. The number of hydrogen-bond donors (Lipinski definition) is 2. The third-order valence-electron chi connectivity index (χ3n) is 4.25. The lowest BCUT2D eigenvalue weighted by Gasteiger charge is -2.08. The topological polar surface area (TPSA) is 54.0 Å². The van der Waals surface area contributed by atoms with Crippen molar-refractivity contribution >= 4 is 42.1 Å². The molecule has 8 heteroatoms. The van der Waals surface area contributed by atoms with Gasteiger partial charge in [0.15, 0.2) is 0 Å². The molecule has 1 fully saturated rings. The van der Waals surface area contributed by atoms with Gasteiger partial charge in [0.2, 0.25) is 5.91 Å². The summed E-state index contributed by atoms with van der Waals surface area (Å²) in [5.41, 5.74) is 1.82. The molecular formula is C18H24Cl2FN3OS. The van der Waals surface area contributed by atoms with Crippen LogP contribution in [0.5, 0.6) is 0 Å². The molecule has 1 aliphatic rings. The van der Waals surface area contributed by atoms with Gasteiger partial charge in [0.05, 0.1) is 17.1 Å². The predicted molar refractivity (Wildman–Crippen MR) is 108 cm³/mol. The van der Waals surface area contributed by atoms with Crippen molar-refractivity contribution in [2.75, 3.05) is 19.6 Å². The van der Waals surface area contributed by atoms with Gasteiger partial charge in [-0.3, -0.25) is 4.79 Å². The maximum Gasteiger partial charge on any atom is 0.226 e. The van der Waals surface area contributed by atoms with Gasteiger partial charge in [0.1, 0.15) is 5.82 Å². The summed E-state index contributed by atoms with van der Waals surface area (Å²) in [6.07, 6.45) is 3.23. The van der Waals surface area contributed by atoms with Crippen LogP contribution >= 0.6 is 36.2 Å². The van der Waals surface area contributed by atoms with E-state index in [1.807, 2.05) is 5.38 Å². The van der Waals surface area contributed by atoms with E-state index < -0.39 is 0 Å². The Morgan fingerprint density at radius 1 is 1.31 bits per heavy atom. The van der Waals surface area contributed by atoms with Crippen LogP contribution in [0.15, 0.2) is 29.6 Å². The van der Waals surface area contributed by atoms with E-state index in [-0.39, 0.29) is 36.5 Å². The fourth-order valence-electron chi connectivity index (χ4n) is 2.89. The van der Waals surface area contributed by atoms with E-state index in [1.165, 1.54) is 18.6 Å². The van der Waals surface area contributed by atoms with Crippen LogP contribution in [0.25, 0.3) is 0 Å². The Morgan fingerprint density at radius 3 is 2.77 bits per heavy atom. The highest BCUT2D eigenvalue weighted by Crippen LogP contribution is 2.16. The van der Waals surface area contributed by atoms with Crippen LogP contribution in [0, 0.1) is 11.7 Å². The molecule has 2 heterocycles. The number of carbonyl (C=O) groups is 1. The van der Waals surface area contributed by atoms with Gasteiger partial charge in [0.25, 0.3) is 0 Å². The Hall–Kier alpha value is -1.21. The van der Waals surface area contributed by atoms with Crippen LogP contribution in [-0.4, -0.2) is 30.5 Å². The smallest absolute Gasteiger partial charge is 0.226 e. The van der Waals surface area contributed by atoms with Crippen LogP contribution in [0.2, 0.25) is 0 Å². The van der Waals surface area contributed by atoms with Crippen LogP contribution < -0.4 is 10.6 Å². The third-order valence-corrected chi connectivity index (χ3v) is 5.14. The summed E-state index contributed by atoms with van der Waals surface area (Å²) in [5.74, 6) is 0.482. The fraction of sp³-hybridized carbons (Fsp3) is 0.444. The van der Waals surface area contributed by atoms with Crippen molar-refractivity contribution in [1.82, 2.24) is 15.6 Å². The SMILES string of the molecule is Cl.Cl.O=C(Cc1csc(Cc2ccc(F)cc2)n1)NCCC1CCNC1. The monoisotopic (exact) mass is 419 g/mol. The summed E-state index contributed by atoms with van der Waals surface area (Å²) < 4.78 is 12.9. The van der Waals surface area contributed by atoms with Gasteiger partial charge in [-0.15, -0.1) is 36.2 Å². The highest BCUT2D eigenvalue weighted by molar-refractivity contribution is 7.09. The largest absolute Gasteiger partial charge is 0.356 e. The molecule has 26 heavy (non-hydrogen) atoms. The predicted octanol–water partition coefficient (Wildman–Crippen LogP) is 3.37. The number of hydrogen-bond acceptors (Lipinski definition) is 4. The number of amides is 1. The van der Waals surface area contributed by atoms with Crippen molar-refractivity contribution < 1.29 is 9.18 Å². The molecule has 1 aliphatic heterocycles. The first-order valence-electron chi connectivity index (χ1n) is 8.34. The number of thiazole rings is 1. The zero-order valence-corrected chi connectivity index (χ0v) is 16.8. The van der Waals surface area contributed by atoms with Gasteiger partial charge in [-0.2, -0.15) is 0 Å². The quantitative estimate of drug-likeness (QED) is 0.722. The number of carbonyl (C=O) groups excluding carboxylic acids is 1. The number of nitrogens with one attached hydrogen (secondary N) is 2. The van der Waals surface area contributed by atoms with Crippen molar-refractivity contribution in [1.29, 1.82) is 0 Å². The van der Waals surface area contributed by atoms with E-state index in [2.05, 4.69) is 15.6 Å². The highest BCUT2D eigenvalue weighted by Gasteiger charge is 2.14. The molecule has 1 saturated heterocycles. The summed E-state index contributed by atoms with van der Waals surface area (Å²) in [7, 11) is 0. The molecule has 1 atom stereocenters. The molecule has 1 unspecified atom stereocenters. The zero-order chi connectivity index (χ0) is 16.8. The Morgan fingerprint density at radius 2 is 2.08 bits per heavy atom. The third kappa shape index (κ3) is 7.19. The Bertz CT molecular complexity index is 675. The second-order valence-corrected chi connectivity index (χ2v) is 7.15. The molecule has 0 aliphatic carbocycles. The molecule has 0 radical (unpaired) electrons. The molecular weight excluding hydrogens is 396 g/mol. The lowest BCUT2D eigenvalue weighted by atomic mass is 10.1. The molecule has 0 bridgehead atoms. The molecule has 2 N–H and O–H groups in total. The standard InChI is InChI=1S/C18H22FN3OS.2ClH/c19-15-3-1-13(2-4-15)9-18-22-16(12-24-18)10-17(23)21-8-6-14-5-7-20-11-14;;/h1-4,12,14,20H,5-11H2,(H,21,23);2*1H. The molecule has 1 aromatic heterocycles. The van der Waals surface area contributed by atoms with E-state index >= 15 is 0 Å². The van der Waals surface area contributed by atoms with E-state index in [0.717, 1.165) is 42.3 Å². The summed E-state index contributed by atoms with van der Waals surface area (Å²) in [4.78, 5) is 16.5. The Kier molecular flexibility index (Phi) is 10.1. The van der Waals surface area contributed by atoms with E-state index in [4.69, 9.17) is 0 Å². The number of benzene rings is 1. The number of nitrogens with zero attached hydrogens (tertiary/aromatic N) is 1. The lowest BCUT2D eigenvalue weighted by Crippen LogP contribution is -2.27. The first kappa shape index (κ1) is 22.8. The van der Waals surface area contributed by atoms with Gasteiger partial charge in [-0.05, 0) is 49.5 Å². The number of rotatable bonds is 7. The molecule has 1 amide bonds. The molecule has 144 valence electrons. The molecule has 2 aromatic rings. The normalized spacial score (nSPS) is 15.8. The average Bonchev–Trinajstić information content (AvgIpc) is 3.22. The van der Waals surface area contributed by atoms with Crippen LogP contribution in [-0.2, 0) is 17.6 Å². The van der Waals surface area contributed by atoms with Crippen LogP contribution in [0.4, 0.5) is 4.39 Å². The van der Waals surface area contributed by atoms with E-state index in [1.54, 1.807) is 23.5 Å². The zero-order valence-electron chi connectivity index (χ0n) is 14.4. The Labute approximate surface area is 169 Å². The summed E-state index contributed by atoms with van der Waals surface area (Å²) in [6, 6.07) is 6.44. The Balaban J connectivity index is 0.00000169. The van der Waals surface area contributed by atoms with E-state index in [9.17, 15) is 9.18 Å². The number of halogens is 3. The first-order valence-corrected chi connectivity index (χ1v) is 9.22. The molecule has 4 nitrogen and oxygen atoms in total. The minimum atomic E-state index is -0.233. The maximum absolute atomic E-state index is 12.9. The minimum Gasteiger partial charge on any atom is -0.356 e. The van der Waals surface area contributed by atoms with Gasteiger partial charge in [0, 0.05) is 18.3 Å². The van der Waals surface area contributed by atoms with Crippen LogP contribution in [0.3, 0.4) is 0 Å². The van der Waals surface area contributed by atoms with Crippen LogP contribution in [0.1, 0.15) is 29.1 Å². The highest BCUT2D eigenvalue weighted by atomic mass is 35.5. The molecule has 3 rings (SSSR count). The molecule has 0 saturated carbocycles. The number of aromatic nitrogens is 1. The molecule has 0 spiro atoms. The second kappa shape index (κ2) is 11.5.